The van der Waals surface area contributed by atoms with Crippen LogP contribution in [0.25, 0.3) is 0 Å². The summed E-state index contributed by atoms with van der Waals surface area (Å²) >= 11 is 0. The number of carbonyl (C=O) groups excluding carboxylic acids is 1. The third kappa shape index (κ3) is 4.05. The smallest absolute Gasteiger partial charge is 0.387 e. The number of nitrogens with one attached hydrogen (secondary N) is 1. The van der Waals surface area contributed by atoms with E-state index in [9.17, 15) is 13.6 Å². The zero-order valence-electron chi connectivity index (χ0n) is 11.0. The third-order valence-corrected chi connectivity index (χ3v) is 3.28. The molecule has 1 aliphatic carbocycles. The van der Waals surface area contributed by atoms with Crippen molar-refractivity contribution in [2.75, 3.05) is 0 Å². The minimum Gasteiger partial charge on any atom is -0.434 e. The van der Waals surface area contributed by atoms with E-state index >= 15 is 0 Å². The number of benzene rings is 1. The molecule has 2 rings (SSSR count). The number of amides is 1. The van der Waals surface area contributed by atoms with Crippen LogP contribution in [0.2, 0.25) is 0 Å². The van der Waals surface area contributed by atoms with E-state index in [4.69, 9.17) is 0 Å². The number of halogens is 2. The van der Waals surface area contributed by atoms with Gasteiger partial charge < -0.3 is 10.1 Å². The van der Waals surface area contributed by atoms with Gasteiger partial charge in [0.25, 0.3) is 0 Å². The Hall–Kier alpha value is -1.91. The predicted molar refractivity (Wildman–Crippen MR) is 71.4 cm³/mol. The predicted octanol–water partition coefficient (Wildman–Crippen LogP) is 3.26. The first-order valence-corrected chi connectivity index (χ1v) is 6.62. The lowest BCUT2D eigenvalue weighted by molar-refractivity contribution is -0.125. The highest BCUT2D eigenvalue weighted by molar-refractivity contribution is 5.79. The Labute approximate surface area is 116 Å². The van der Waals surface area contributed by atoms with E-state index in [2.05, 4.69) is 16.1 Å². The van der Waals surface area contributed by atoms with Crippen LogP contribution in [0.4, 0.5) is 8.78 Å². The Morgan fingerprint density at radius 3 is 2.85 bits per heavy atom. The van der Waals surface area contributed by atoms with Gasteiger partial charge in [0.1, 0.15) is 5.75 Å². The van der Waals surface area contributed by atoms with Gasteiger partial charge in [-0.1, -0.05) is 30.4 Å². The van der Waals surface area contributed by atoms with Gasteiger partial charge in [0.05, 0.1) is 0 Å². The summed E-state index contributed by atoms with van der Waals surface area (Å²) in [5.41, 5.74) is 0.549. The molecular formula is C15H17F2NO2. The van der Waals surface area contributed by atoms with Crippen molar-refractivity contribution in [2.24, 2.45) is 5.92 Å². The number of allylic oxidation sites excluding steroid dienone is 2. The molecule has 0 saturated heterocycles. The van der Waals surface area contributed by atoms with Crippen LogP contribution in [-0.4, -0.2) is 12.5 Å². The molecule has 0 unspecified atom stereocenters. The topological polar surface area (TPSA) is 38.3 Å². The molecule has 1 aliphatic rings. The average Bonchev–Trinajstić information content (AvgIpc) is 2.46. The Bertz CT molecular complexity index is 489. The van der Waals surface area contributed by atoms with Crippen molar-refractivity contribution in [1.82, 2.24) is 5.32 Å². The summed E-state index contributed by atoms with van der Waals surface area (Å²) in [6.07, 6.45) is 6.54. The molecule has 1 aromatic rings. The number of hydrogen-bond acceptors (Lipinski definition) is 2. The maximum Gasteiger partial charge on any atom is 0.387 e. The van der Waals surface area contributed by atoms with Gasteiger partial charge in [0, 0.05) is 18.0 Å². The minimum absolute atomic E-state index is 0.0248. The summed E-state index contributed by atoms with van der Waals surface area (Å²) in [7, 11) is 0. The van der Waals surface area contributed by atoms with E-state index in [1.165, 1.54) is 6.07 Å². The highest BCUT2D eigenvalue weighted by Crippen LogP contribution is 2.21. The van der Waals surface area contributed by atoms with E-state index < -0.39 is 6.61 Å². The Kier molecular flexibility index (Phi) is 5.09. The van der Waals surface area contributed by atoms with Gasteiger partial charge in [-0.3, -0.25) is 4.79 Å². The van der Waals surface area contributed by atoms with Crippen LogP contribution in [0.5, 0.6) is 5.75 Å². The zero-order chi connectivity index (χ0) is 14.4. The molecule has 1 aromatic carbocycles. The van der Waals surface area contributed by atoms with Gasteiger partial charge in [0.2, 0.25) is 5.91 Å². The molecule has 3 nitrogen and oxygen atoms in total. The number of carbonyl (C=O) groups is 1. The third-order valence-electron chi connectivity index (χ3n) is 3.28. The van der Waals surface area contributed by atoms with Crippen LogP contribution >= 0.6 is 0 Å². The van der Waals surface area contributed by atoms with Crippen molar-refractivity contribution in [1.29, 1.82) is 0 Å². The second-order valence-electron chi connectivity index (χ2n) is 4.69. The molecule has 1 atom stereocenters. The largest absolute Gasteiger partial charge is 0.434 e. The molecule has 0 bridgehead atoms. The fourth-order valence-corrected chi connectivity index (χ4v) is 2.22. The van der Waals surface area contributed by atoms with Crippen LogP contribution in [0, 0.1) is 5.92 Å². The molecule has 0 aliphatic heterocycles. The molecule has 5 heteroatoms. The van der Waals surface area contributed by atoms with Crippen LogP contribution in [0.1, 0.15) is 24.8 Å². The lowest BCUT2D eigenvalue weighted by atomic mass is 9.93. The van der Waals surface area contributed by atoms with Gasteiger partial charge in [-0.2, -0.15) is 8.78 Å². The van der Waals surface area contributed by atoms with Crippen molar-refractivity contribution >= 4 is 5.91 Å². The van der Waals surface area contributed by atoms with Crippen LogP contribution < -0.4 is 10.1 Å². The molecule has 108 valence electrons. The van der Waals surface area contributed by atoms with Crippen molar-refractivity contribution in [3.8, 4) is 5.75 Å². The van der Waals surface area contributed by atoms with Gasteiger partial charge in [-0.15, -0.1) is 0 Å². The summed E-state index contributed by atoms with van der Waals surface area (Å²) in [5, 5.41) is 2.78. The van der Waals surface area contributed by atoms with Crippen molar-refractivity contribution in [2.45, 2.75) is 32.4 Å². The monoisotopic (exact) mass is 281 g/mol. The first-order valence-electron chi connectivity index (χ1n) is 6.62. The summed E-state index contributed by atoms with van der Waals surface area (Å²) in [6.45, 7) is -2.67. The van der Waals surface area contributed by atoms with Gasteiger partial charge >= 0.3 is 6.61 Å². The number of rotatable bonds is 5. The lowest BCUT2D eigenvalue weighted by Gasteiger charge is -2.18. The molecule has 20 heavy (non-hydrogen) atoms. The Morgan fingerprint density at radius 2 is 2.15 bits per heavy atom. The summed E-state index contributed by atoms with van der Waals surface area (Å²) in [6, 6.07) is 6.48. The normalized spacial score (nSPS) is 18.1. The zero-order valence-corrected chi connectivity index (χ0v) is 11.0. The molecular weight excluding hydrogens is 264 g/mol. The highest BCUT2D eigenvalue weighted by Gasteiger charge is 2.18. The maximum absolute atomic E-state index is 12.3. The first kappa shape index (κ1) is 14.5. The molecule has 0 saturated carbocycles. The number of para-hydroxylation sites is 1. The van der Waals surface area contributed by atoms with Crippen molar-refractivity contribution in [3.05, 3.63) is 42.0 Å². The summed E-state index contributed by atoms with van der Waals surface area (Å²) in [5.74, 6) is 0.0377. The Balaban J connectivity index is 1.93. The SMILES string of the molecule is O=C(NCc1ccccc1OC(F)F)[C@@H]1CC=CCC1. The fraction of sp³-hybridized carbons (Fsp3) is 0.400. The standard InChI is InChI=1S/C15H17F2NO2/c16-15(17)20-13-9-5-4-8-12(13)10-18-14(19)11-6-2-1-3-7-11/h1-2,4-5,8-9,11,15H,3,6-7,10H2,(H,18,19)/t11-/m1/s1. The first-order chi connectivity index (χ1) is 9.66. The fourth-order valence-electron chi connectivity index (χ4n) is 2.22. The number of hydrogen-bond donors (Lipinski definition) is 1. The van der Waals surface area contributed by atoms with Crippen LogP contribution in [-0.2, 0) is 11.3 Å². The average molecular weight is 281 g/mol. The van der Waals surface area contributed by atoms with Crippen molar-refractivity contribution < 1.29 is 18.3 Å². The van der Waals surface area contributed by atoms with Crippen molar-refractivity contribution in [3.63, 3.8) is 0 Å². The highest BCUT2D eigenvalue weighted by atomic mass is 19.3. The molecule has 0 fully saturated rings. The molecule has 0 aromatic heterocycles. The lowest BCUT2D eigenvalue weighted by Crippen LogP contribution is -2.30. The Morgan fingerprint density at radius 1 is 1.35 bits per heavy atom. The number of alkyl halides is 2. The van der Waals surface area contributed by atoms with Gasteiger partial charge in [-0.25, -0.2) is 0 Å². The second kappa shape index (κ2) is 7.03. The van der Waals surface area contributed by atoms with Gasteiger partial charge in [-0.05, 0) is 25.3 Å². The summed E-state index contributed by atoms with van der Waals surface area (Å²) < 4.78 is 29.0. The molecule has 0 spiro atoms. The summed E-state index contributed by atoms with van der Waals surface area (Å²) in [4.78, 5) is 12.0. The van der Waals surface area contributed by atoms with E-state index in [1.807, 2.05) is 6.08 Å². The molecule has 1 N–H and O–H groups in total. The maximum atomic E-state index is 12.3. The molecule has 0 radical (unpaired) electrons. The van der Waals surface area contributed by atoms with E-state index in [1.54, 1.807) is 18.2 Å². The minimum atomic E-state index is -2.87. The molecule has 0 heterocycles. The van der Waals surface area contributed by atoms with Crippen LogP contribution in [0.15, 0.2) is 36.4 Å². The van der Waals surface area contributed by atoms with E-state index in [0.29, 0.717) is 5.56 Å². The van der Waals surface area contributed by atoms with E-state index in [0.717, 1.165) is 19.3 Å². The quantitative estimate of drug-likeness (QED) is 0.841. The van der Waals surface area contributed by atoms with Crippen LogP contribution in [0.3, 0.4) is 0 Å². The van der Waals surface area contributed by atoms with Gasteiger partial charge in [0.15, 0.2) is 0 Å². The molecule has 1 amide bonds. The second-order valence-corrected chi connectivity index (χ2v) is 4.69. The van der Waals surface area contributed by atoms with E-state index in [-0.39, 0.29) is 24.1 Å². The number of ether oxygens (including phenoxy) is 1.